The van der Waals surface area contributed by atoms with E-state index < -0.39 is 46.8 Å². The number of nitrogens with zero attached hydrogens (tertiary/aromatic N) is 1. The van der Waals surface area contributed by atoms with Gasteiger partial charge in [-0.15, -0.1) is 0 Å². The van der Waals surface area contributed by atoms with Gasteiger partial charge in [-0.2, -0.15) is 26.3 Å². The highest BCUT2D eigenvalue weighted by Crippen LogP contribution is 2.50. The molecule has 1 heterocycles. The van der Waals surface area contributed by atoms with E-state index in [1.165, 1.54) is 37.4 Å². The van der Waals surface area contributed by atoms with Crippen LogP contribution in [-0.2, 0) is 5.60 Å². The minimum absolute atomic E-state index is 0.00946. The number of aliphatic hydroxyl groups is 1. The number of benzene rings is 2. The van der Waals surface area contributed by atoms with E-state index in [2.05, 4.69) is 10.3 Å². The summed E-state index contributed by atoms with van der Waals surface area (Å²) in [6.07, 6.45) is -10.9. The lowest BCUT2D eigenvalue weighted by molar-refractivity contribution is -0.376. The number of pyridine rings is 1. The highest BCUT2D eigenvalue weighted by atomic mass is 19.4. The summed E-state index contributed by atoms with van der Waals surface area (Å²) < 4.78 is 94.5. The van der Waals surface area contributed by atoms with Crippen molar-refractivity contribution in [3.63, 3.8) is 0 Å². The second-order valence-electron chi connectivity index (χ2n) is 7.97. The van der Waals surface area contributed by atoms with Crippen LogP contribution in [0, 0.1) is 12.7 Å². The molecule has 1 aromatic heterocycles. The second-order valence-corrected chi connectivity index (χ2v) is 7.97. The number of nitrogens with one attached hydrogen (secondary N) is 1. The number of carbonyl (C=O) groups is 1. The van der Waals surface area contributed by atoms with Crippen molar-refractivity contribution in [1.29, 1.82) is 0 Å². The number of halogens is 7. The molecule has 0 radical (unpaired) electrons. The van der Waals surface area contributed by atoms with Crippen molar-refractivity contribution in [1.82, 2.24) is 10.3 Å². The topological polar surface area (TPSA) is 62.2 Å². The van der Waals surface area contributed by atoms with E-state index >= 15 is 0 Å². The van der Waals surface area contributed by atoms with Crippen LogP contribution in [0.1, 0.15) is 40.0 Å². The Hall–Kier alpha value is -3.47. The van der Waals surface area contributed by atoms with Gasteiger partial charge in [0, 0.05) is 22.9 Å². The van der Waals surface area contributed by atoms with Crippen molar-refractivity contribution in [3.05, 3.63) is 88.9 Å². The minimum atomic E-state index is -6.14. The molecule has 2 N–H and O–H groups in total. The molecule has 0 aliphatic rings. The quantitative estimate of drug-likeness (QED) is 0.423. The first kappa shape index (κ1) is 26.1. The summed E-state index contributed by atoms with van der Waals surface area (Å²) in [5, 5.41) is 12.4. The maximum atomic E-state index is 13.6. The van der Waals surface area contributed by atoms with Crippen molar-refractivity contribution >= 4 is 5.91 Å². The average Bonchev–Trinajstić information content (AvgIpc) is 2.77. The van der Waals surface area contributed by atoms with E-state index in [9.17, 15) is 40.6 Å². The highest BCUT2D eigenvalue weighted by molar-refractivity contribution is 5.96. The number of rotatable bonds is 5. The van der Waals surface area contributed by atoms with Crippen molar-refractivity contribution in [2.75, 3.05) is 0 Å². The van der Waals surface area contributed by atoms with Crippen LogP contribution in [0.25, 0.3) is 11.3 Å². The van der Waals surface area contributed by atoms with Crippen LogP contribution >= 0.6 is 0 Å². The van der Waals surface area contributed by atoms with Gasteiger partial charge in [-0.25, -0.2) is 4.39 Å². The monoisotopic (exact) mass is 500 g/mol. The maximum Gasteiger partial charge on any atom is 0.430 e. The molecule has 2 aromatic carbocycles. The summed E-state index contributed by atoms with van der Waals surface area (Å²) in [5.74, 6) is -1.54. The molecule has 0 saturated heterocycles. The van der Waals surface area contributed by atoms with E-state index in [4.69, 9.17) is 0 Å². The van der Waals surface area contributed by atoms with Crippen molar-refractivity contribution < 1.29 is 40.6 Å². The lowest BCUT2D eigenvalue weighted by Crippen LogP contribution is -2.54. The normalized spacial score (nSPS) is 13.4. The molecule has 0 spiro atoms. The van der Waals surface area contributed by atoms with E-state index in [0.717, 1.165) is 18.2 Å². The third-order valence-corrected chi connectivity index (χ3v) is 5.36. The zero-order valence-corrected chi connectivity index (χ0v) is 18.3. The Labute approximate surface area is 195 Å². The number of alkyl halides is 6. The van der Waals surface area contributed by atoms with Crippen LogP contribution < -0.4 is 5.32 Å². The van der Waals surface area contributed by atoms with E-state index in [-0.39, 0.29) is 11.3 Å². The Morgan fingerprint density at radius 1 is 0.943 bits per heavy atom. The Kier molecular flexibility index (Phi) is 6.94. The molecule has 186 valence electrons. The van der Waals surface area contributed by atoms with Crippen LogP contribution in [0.2, 0.25) is 0 Å². The summed E-state index contributed by atoms with van der Waals surface area (Å²) in [6.45, 7) is 3.17. The van der Waals surface area contributed by atoms with Crippen LogP contribution in [0.15, 0.2) is 60.8 Å². The molecular weight excluding hydrogens is 481 g/mol. The molecule has 0 fully saturated rings. The highest BCUT2D eigenvalue weighted by Gasteiger charge is 2.71. The average molecular weight is 500 g/mol. The SMILES string of the molecule is Cc1ccc(-c2cc(C(=O)NC(C)c3ccc(F)cc3)cc(C(O)(C(F)(F)F)C(F)(F)F)c2)nc1. The van der Waals surface area contributed by atoms with Gasteiger partial charge in [0.1, 0.15) is 5.82 Å². The van der Waals surface area contributed by atoms with Gasteiger partial charge in [0.2, 0.25) is 0 Å². The molecule has 1 amide bonds. The lowest BCUT2D eigenvalue weighted by atomic mass is 9.88. The summed E-state index contributed by atoms with van der Waals surface area (Å²) >= 11 is 0. The molecule has 11 heteroatoms. The fourth-order valence-corrected chi connectivity index (χ4v) is 3.36. The number of hydrogen-bond acceptors (Lipinski definition) is 3. The molecule has 3 rings (SSSR count). The van der Waals surface area contributed by atoms with Gasteiger partial charge in [0.05, 0.1) is 11.7 Å². The van der Waals surface area contributed by atoms with Gasteiger partial charge in [0.15, 0.2) is 0 Å². The first-order valence-corrected chi connectivity index (χ1v) is 10.1. The summed E-state index contributed by atoms with van der Waals surface area (Å²) in [4.78, 5) is 16.9. The van der Waals surface area contributed by atoms with Crippen molar-refractivity contribution in [3.8, 4) is 11.3 Å². The molecule has 1 atom stereocenters. The first-order chi connectivity index (χ1) is 16.1. The van der Waals surface area contributed by atoms with Crippen molar-refractivity contribution in [2.45, 2.75) is 37.8 Å². The van der Waals surface area contributed by atoms with E-state index in [1.807, 2.05) is 0 Å². The zero-order chi connectivity index (χ0) is 26.2. The minimum Gasteiger partial charge on any atom is -0.369 e. The third-order valence-electron chi connectivity index (χ3n) is 5.36. The Balaban J connectivity index is 2.13. The van der Waals surface area contributed by atoms with Gasteiger partial charge in [-0.05, 0) is 61.4 Å². The summed E-state index contributed by atoms with van der Waals surface area (Å²) in [6, 6.07) is 9.03. The number of carbonyl (C=O) groups excluding carboxylic acids is 1. The molecule has 0 saturated carbocycles. The predicted octanol–water partition coefficient (Wildman–Crippen LogP) is 6.00. The third kappa shape index (κ3) is 5.29. The standard InChI is InChI=1S/C24H19F7N2O2/c1-13-3-8-20(32-12-13)16-9-17(21(34)33-14(2)15-4-6-19(25)7-5-15)11-18(10-16)22(35,23(26,27)28)24(29,30)31/h3-12,14,35H,1-2H3,(H,33,34). The van der Waals surface area contributed by atoms with Crippen LogP contribution in [0.3, 0.4) is 0 Å². The number of hydrogen-bond donors (Lipinski definition) is 2. The van der Waals surface area contributed by atoms with Crippen LogP contribution in [0.5, 0.6) is 0 Å². The summed E-state index contributed by atoms with van der Waals surface area (Å²) in [7, 11) is 0. The molecule has 0 bridgehead atoms. The second kappa shape index (κ2) is 9.29. The largest absolute Gasteiger partial charge is 0.430 e. The molecule has 0 aliphatic heterocycles. The van der Waals surface area contributed by atoms with Gasteiger partial charge in [-0.3, -0.25) is 9.78 Å². The number of aromatic nitrogens is 1. The summed E-state index contributed by atoms with van der Waals surface area (Å²) in [5.41, 5.74) is -6.52. The first-order valence-electron chi connectivity index (χ1n) is 10.1. The van der Waals surface area contributed by atoms with E-state index in [1.54, 1.807) is 6.92 Å². The fourth-order valence-electron chi connectivity index (χ4n) is 3.36. The maximum absolute atomic E-state index is 13.6. The van der Waals surface area contributed by atoms with Gasteiger partial charge in [-0.1, -0.05) is 18.2 Å². The smallest absolute Gasteiger partial charge is 0.369 e. The predicted molar refractivity (Wildman–Crippen MR) is 113 cm³/mol. The molecule has 4 nitrogen and oxygen atoms in total. The van der Waals surface area contributed by atoms with Gasteiger partial charge >= 0.3 is 12.4 Å². The molecule has 1 unspecified atom stereocenters. The van der Waals surface area contributed by atoms with E-state index in [0.29, 0.717) is 23.3 Å². The lowest BCUT2D eigenvalue weighted by Gasteiger charge is -2.33. The van der Waals surface area contributed by atoms with Gasteiger partial charge < -0.3 is 10.4 Å². The number of amides is 1. The Bertz CT molecular complexity index is 1190. The molecule has 3 aromatic rings. The Morgan fingerprint density at radius 2 is 1.54 bits per heavy atom. The van der Waals surface area contributed by atoms with Gasteiger partial charge in [0.25, 0.3) is 11.5 Å². The van der Waals surface area contributed by atoms with Crippen LogP contribution in [0.4, 0.5) is 30.7 Å². The zero-order valence-electron chi connectivity index (χ0n) is 18.3. The molecule has 35 heavy (non-hydrogen) atoms. The van der Waals surface area contributed by atoms with Crippen molar-refractivity contribution in [2.24, 2.45) is 0 Å². The fraction of sp³-hybridized carbons (Fsp3) is 0.250. The van der Waals surface area contributed by atoms with Crippen LogP contribution in [-0.4, -0.2) is 28.4 Å². The molecular formula is C24H19F7N2O2. The molecule has 0 aliphatic carbocycles. The number of aryl methyl sites for hydroxylation is 1. The Morgan fingerprint density at radius 3 is 2.06 bits per heavy atom.